The van der Waals surface area contributed by atoms with Gasteiger partial charge in [-0.3, -0.25) is 5.10 Å². The topological polar surface area (TPSA) is 79.6 Å². The Morgan fingerprint density at radius 2 is 2.33 bits per heavy atom. The number of fused-ring (bicyclic) bond motifs is 1. The molecule has 21 heavy (non-hydrogen) atoms. The minimum absolute atomic E-state index is 0.208. The molecule has 0 atom stereocenters. The van der Waals surface area contributed by atoms with Gasteiger partial charge in [0, 0.05) is 22.5 Å². The number of aromatic amines is 1. The highest BCUT2D eigenvalue weighted by Crippen LogP contribution is 2.33. The van der Waals surface area contributed by atoms with Crippen molar-refractivity contribution in [2.45, 2.75) is 19.8 Å². The van der Waals surface area contributed by atoms with Crippen molar-refractivity contribution in [3.8, 4) is 10.6 Å². The van der Waals surface area contributed by atoms with Gasteiger partial charge < -0.3 is 11.1 Å². The van der Waals surface area contributed by atoms with Crippen LogP contribution in [0.5, 0.6) is 0 Å². The first kappa shape index (κ1) is 14.0. The fraction of sp³-hybridized carbons (Fsp3) is 0.214. The van der Waals surface area contributed by atoms with E-state index in [4.69, 9.17) is 18.0 Å². The van der Waals surface area contributed by atoms with Crippen molar-refractivity contribution in [1.29, 1.82) is 0 Å². The Hall–Kier alpha value is -1.99. The van der Waals surface area contributed by atoms with Gasteiger partial charge in [-0.1, -0.05) is 13.3 Å². The monoisotopic (exact) mass is 317 g/mol. The lowest BCUT2D eigenvalue weighted by molar-refractivity contribution is 0.924. The SMILES string of the molecule is CCCc1cc(-c2nccs2)c2[nH]nc(NC(N)=S)c2c1. The van der Waals surface area contributed by atoms with Gasteiger partial charge in [-0.05, 0) is 36.3 Å². The summed E-state index contributed by atoms with van der Waals surface area (Å²) in [6.45, 7) is 2.16. The molecular weight excluding hydrogens is 302 g/mol. The second-order valence-corrected chi connectivity index (χ2v) is 6.05. The van der Waals surface area contributed by atoms with Crippen LogP contribution in [0.3, 0.4) is 0 Å². The molecule has 0 aliphatic heterocycles. The average molecular weight is 317 g/mol. The predicted molar refractivity (Wildman–Crippen MR) is 91.6 cm³/mol. The predicted octanol–water partition coefficient (Wildman–Crippen LogP) is 3.29. The Kier molecular flexibility index (Phi) is 3.85. The number of nitrogens with one attached hydrogen (secondary N) is 2. The van der Waals surface area contributed by atoms with Gasteiger partial charge in [0.25, 0.3) is 0 Å². The Bertz CT molecular complexity index is 776. The number of anilines is 1. The molecule has 0 bridgehead atoms. The summed E-state index contributed by atoms with van der Waals surface area (Å²) in [5.41, 5.74) is 8.82. The van der Waals surface area contributed by atoms with E-state index in [1.54, 1.807) is 11.3 Å². The lowest BCUT2D eigenvalue weighted by atomic mass is 10.0. The molecule has 0 amide bonds. The number of hydrogen-bond donors (Lipinski definition) is 3. The van der Waals surface area contributed by atoms with Crippen LogP contribution in [-0.4, -0.2) is 20.3 Å². The van der Waals surface area contributed by atoms with Gasteiger partial charge in [0.15, 0.2) is 10.9 Å². The van der Waals surface area contributed by atoms with E-state index in [1.807, 2.05) is 11.6 Å². The van der Waals surface area contributed by atoms with Gasteiger partial charge in [-0.15, -0.1) is 11.3 Å². The normalized spacial score (nSPS) is 10.9. The lowest BCUT2D eigenvalue weighted by Crippen LogP contribution is -2.19. The maximum absolute atomic E-state index is 5.56. The first-order valence-corrected chi connectivity index (χ1v) is 7.95. The highest BCUT2D eigenvalue weighted by Gasteiger charge is 2.14. The highest BCUT2D eigenvalue weighted by molar-refractivity contribution is 7.80. The van der Waals surface area contributed by atoms with E-state index in [1.165, 1.54) is 5.56 Å². The van der Waals surface area contributed by atoms with Crippen molar-refractivity contribution in [2.75, 3.05) is 5.32 Å². The number of hydrogen-bond acceptors (Lipinski definition) is 4. The zero-order valence-corrected chi connectivity index (χ0v) is 13.1. The van der Waals surface area contributed by atoms with Crippen LogP contribution in [0.4, 0.5) is 5.82 Å². The maximum Gasteiger partial charge on any atom is 0.169 e. The molecule has 7 heteroatoms. The van der Waals surface area contributed by atoms with E-state index < -0.39 is 0 Å². The molecule has 5 nitrogen and oxygen atoms in total. The first-order valence-electron chi connectivity index (χ1n) is 6.66. The van der Waals surface area contributed by atoms with Crippen molar-refractivity contribution in [3.05, 3.63) is 29.3 Å². The number of benzene rings is 1. The smallest absolute Gasteiger partial charge is 0.169 e. The van der Waals surface area contributed by atoms with Crippen molar-refractivity contribution in [3.63, 3.8) is 0 Å². The van der Waals surface area contributed by atoms with Crippen molar-refractivity contribution >= 4 is 45.4 Å². The number of H-pyrrole nitrogens is 1. The second kappa shape index (κ2) is 5.79. The number of thiazole rings is 1. The molecule has 0 aliphatic rings. The molecule has 0 fully saturated rings. The molecule has 2 aromatic heterocycles. The number of aromatic nitrogens is 3. The fourth-order valence-corrected chi connectivity index (χ4v) is 3.11. The van der Waals surface area contributed by atoms with Crippen LogP contribution in [0.15, 0.2) is 23.7 Å². The molecule has 4 N–H and O–H groups in total. The first-order chi connectivity index (χ1) is 10.2. The Morgan fingerprint density at radius 3 is 3.00 bits per heavy atom. The Morgan fingerprint density at radius 1 is 1.48 bits per heavy atom. The third-order valence-corrected chi connectivity index (χ3v) is 4.08. The van der Waals surface area contributed by atoms with Gasteiger partial charge >= 0.3 is 0 Å². The van der Waals surface area contributed by atoms with Crippen LogP contribution in [0.1, 0.15) is 18.9 Å². The summed E-state index contributed by atoms with van der Waals surface area (Å²) in [5, 5.41) is 14.4. The van der Waals surface area contributed by atoms with E-state index in [9.17, 15) is 0 Å². The standard InChI is InChI=1S/C14H15N5S2/c1-2-3-8-6-9-11(18-19-12(9)17-14(15)20)10(7-8)13-16-4-5-21-13/h4-7H,2-3H2,1H3,(H4,15,17,18,19,20). The fourth-order valence-electron chi connectivity index (χ4n) is 2.35. The van der Waals surface area contributed by atoms with Crippen LogP contribution in [0.2, 0.25) is 0 Å². The van der Waals surface area contributed by atoms with Crippen LogP contribution in [-0.2, 0) is 6.42 Å². The van der Waals surface area contributed by atoms with Crippen LogP contribution >= 0.6 is 23.6 Å². The molecule has 1 aromatic carbocycles. The lowest BCUT2D eigenvalue weighted by Gasteiger charge is -2.06. The number of nitrogens with two attached hydrogens (primary N) is 1. The third kappa shape index (κ3) is 2.74. The molecule has 3 rings (SSSR count). The summed E-state index contributed by atoms with van der Waals surface area (Å²) in [4.78, 5) is 4.41. The largest absolute Gasteiger partial charge is 0.376 e. The van der Waals surface area contributed by atoms with E-state index in [2.05, 4.69) is 39.6 Å². The van der Waals surface area contributed by atoms with Gasteiger partial charge in [0.1, 0.15) is 5.01 Å². The average Bonchev–Trinajstić information content (AvgIpc) is 3.08. The molecule has 0 unspecified atom stereocenters. The summed E-state index contributed by atoms with van der Waals surface area (Å²) >= 11 is 6.52. The van der Waals surface area contributed by atoms with Gasteiger partial charge in [-0.25, -0.2) is 4.98 Å². The number of thiocarbonyl (C=S) groups is 1. The molecule has 3 aromatic rings. The van der Waals surface area contributed by atoms with E-state index in [0.717, 1.165) is 34.3 Å². The van der Waals surface area contributed by atoms with E-state index >= 15 is 0 Å². The summed E-state index contributed by atoms with van der Waals surface area (Å²) in [7, 11) is 0. The quantitative estimate of drug-likeness (QED) is 0.643. The van der Waals surface area contributed by atoms with E-state index in [0.29, 0.717) is 5.82 Å². The maximum atomic E-state index is 5.56. The molecule has 0 radical (unpaired) electrons. The van der Waals surface area contributed by atoms with Crippen LogP contribution in [0, 0.1) is 0 Å². The number of aryl methyl sites for hydroxylation is 1. The summed E-state index contributed by atoms with van der Waals surface area (Å²) in [5.74, 6) is 0.660. The summed E-state index contributed by atoms with van der Waals surface area (Å²) in [6.07, 6.45) is 3.90. The van der Waals surface area contributed by atoms with Crippen molar-refractivity contribution < 1.29 is 0 Å². The number of nitrogens with zero attached hydrogens (tertiary/aromatic N) is 2. The zero-order chi connectivity index (χ0) is 14.8. The molecule has 0 aliphatic carbocycles. The van der Waals surface area contributed by atoms with Crippen LogP contribution < -0.4 is 11.1 Å². The van der Waals surface area contributed by atoms with Gasteiger partial charge in [-0.2, -0.15) is 5.10 Å². The summed E-state index contributed by atoms with van der Waals surface area (Å²) < 4.78 is 0. The minimum atomic E-state index is 0.208. The molecule has 0 spiro atoms. The zero-order valence-electron chi connectivity index (χ0n) is 11.5. The summed E-state index contributed by atoms with van der Waals surface area (Å²) in [6, 6.07) is 4.30. The molecule has 0 saturated heterocycles. The molecule has 108 valence electrons. The Balaban J connectivity index is 2.21. The molecule has 0 saturated carbocycles. The van der Waals surface area contributed by atoms with Crippen molar-refractivity contribution in [2.24, 2.45) is 5.73 Å². The number of rotatable bonds is 4. The van der Waals surface area contributed by atoms with Crippen LogP contribution in [0.25, 0.3) is 21.5 Å². The highest BCUT2D eigenvalue weighted by atomic mass is 32.1. The van der Waals surface area contributed by atoms with E-state index in [-0.39, 0.29) is 5.11 Å². The molecule has 2 heterocycles. The molecular formula is C14H15N5S2. The third-order valence-electron chi connectivity index (χ3n) is 3.18. The minimum Gasteiger partial charge on any atom is -0.376 e. The van der Waals surface area contributed by atoms with Gasteiger partial charge in [0.05, 0.1) is 5.52 Å². The van der Waals surface area contributed by atoms with Gasteiger partial charge in [0.2, 0.25) is 0 Å². The van der Waals surface area contributed by atoms with Crippen molar-refractivity contribution in [1.82, 2.24) is 15.2 Å². The Labute approximate surface area is 131 Å². The second-order valence-electron chi connectivity index (χ2n) is 4.71.